The van der Waals surface area contributed by atoms with Gasteiger partial charge in [-0.05, 0) is 37.7 Å². The highest BCUT2D eigenvalue weighted by atomic mass is 35.5. The second-order valence-corrected chi connectivity index (χ2v) is 9.59. The van der Waals surface area contributed by atoms with Crippen molar-refractivity contribution >= 4 is 24.3 Å². The highest BCUT2D eigenvalue weighted by molar-refractivity contribution is 5.89. The van der Waals surface area contributed by atoms with E-state index in [1.165, 1.54) is 0 Å². The third kappa shape index (κ3) is 10.4. The lowest BCUT2D eigenvalue weighted by atomic mass is 9.85. The molecule has 0 spiro atoms. The molecule has 0 saturated carbocycles. The predicted octanol–water partition coefficient (Wildman–Crippen LogP) is 4.84. The minimum Gasteiger partial charge on any atom is -0.463 e. The molecule has 1 aliphatic carbocycles. The van der Waals surface area contributed by atoms with Crippen LogP contribution in [0.3, 0.4) is 0 Å². The van der Waals surface area contributed by atoms with E-state index in [1.54, 1.807) is 6.92 Å². The van der Waals surface area contributed by atoms with Crippen molar-refractivity contribution < 1.29 is 19.1 Å². The van der Waals surface area contributed by atoms with Crippen LogP contribution in [0.5, 0.6) is 0 Å². The molecule has 3 atom stereocenters. The molecule has 0 bridgehead atoms. The molecule has 0 heterocycles. The lowest BCUT2D eigenvalue weighted by molar-refractivity contribution is -0.139. The van der Waals surface area contributed by atoms with Crippen molar-refractivity contribution in [3.8, 4) is 0 Å². The van der Waals surface area contributed by atoms with Crippen molar-refractivity contribution in [1.29, 1.82) is 0 Å². The molecule has 0 aromatic heterocycles. The first kappa shape index (κ1) is 31.4. The van der Waals surface area contributed by atoms with Gasteiger partial charge >= 0.3 is 5.97 Å². The van der Waals surface area contributed by atoms with E-state index < -0.39 is 6.10 Å². The van der Waals surface area contributed by atoms with Crippen LogP contribution in [0.15, 0.2) is 37.0 Å². The minimum atomic E-state index is -0.431. The van der Waals surface area contributed by atoms with E-state index in [0.29, 0.717) is 38.1 Å². The SMILES string of the molecule is C=CCN(CC=C)[C@H]1CC(C(=O)OCC)=C[C@@H](OC(CC)CC)[C@@H]1NC(=O)CC(C)(C)C.Cl. The van der Waals surface area contributed by atoms with Gasteiger partial charge in [0.15, 0.2) is 0 Å². The maximum absolute atomic E-state index is 13.0. The number of carbonyl (C=O) groups is 2. The number of rotatable bonds is 13. The minimum absolute atomic E-state index is 0. The fourth-order valence-corrected chi connectivity index (χ4v) is 4.07. The summed E-state index contributed by atoms with van der Waals surface area (Å²) < 4.78 is 11.8. The number of hydrogen-bond donors (Lipinski definition) is 1. The smallest absolute Gasteiger partial charge is 0.333 e. The lowest BCUT2D eigenvalue weighted by Gasteiger charge is -2.43. The second kappa shape index (κ2) is 15.3. The van der Waals surface area contributed by atoms with E-state index in [2.05, 4.69) is 37.2 Å². The van der Waals surface area contributed by atoms with Gasteiger partial charge in [-0.15, -0.1) is 25.6 Å². The van der Waals surface area contributed by atoms with Gasteiger partial charge in [0, 0.05) is 31.1 Å². The summed E-state index contributed by atoms with van der Waals surface area (Å²) in [4.78, 5) is 27.8. The van der Waals surface area contributed by atoms with Gasteiger partial charge < -0.3 is 14.8 Å². The molecular weight excluding hydrogens is 440 g/mol. The summed E-state index contributed by atoms with van der Waals surface area (Å²) in [6, 6.07) is -0.456. The van der Waals surface area contributed by atoms with Crippen LogP contribution >= 0.6 is 12.4 Å². The highest BCUT2D eigenvalue weighted by Crippen LogP contribution is 2.29. The third-order valence-corrected chi connectivity index (χ3v) is 5.58. The molecule has 0 unspecified atom stereocenters. The molecule has 7 heteroatoms. The molecule has 1 amide bonds. The number of nitrogens with one attached hydrogen (secondary N) is 1. The number of halogens is 1. The summed E-state index contributed by atoms with van der Waals surface area (Å²) in [5.41, 5.74) is 0.459. The number of nitrogens with zero attached hydrogens (tertiary/aromatic N) is 1. The molecule has 190 valence electrons. The number of hydrogen-bond acceptors (Lipinski definition) is 5. The number of esters is 1. The highest BCUT2D eigenvalue weighted by Gasteiger charge is 2.40. The quantitative estimate of drug-likeness (QED) is 0.299. The maximum atomic E-state index is 13.0. The van der Waals surface area contributed by atoms with E-state index in [9.17, 15) is 9.59 Å². The van der Waals surface area contributed by atoms with Gasteiger partial charge in [-0.3, -0.25) is 9.69 Å². The Balaban J connectivity index is 0.0000102. The van der Waals surface area contributed by atoms with Crippen molar-refractivity contribution in [2.45, 2.75) is 91.5 Å². The summed E-state index contributed by atoms with van der Waals surface area (Å²) in [5, 5.41) is 3.25. The first-order chi connectivity index (χ1) is 15.1. The molecular formula is C26H45ClN2O4. The van der Waals surface area contributed by atoms with Crippen molar-refractivity contribution in [2.75, 3.05) is 19.7 Å². The van der Waals surface area contributed by atoms with Crippen LogP contribution in [-0.2, 0) is 19.1 Å². The molecule has 1 N–H and O–H groups in total. The normalized spacial score (nSPS) is 20.6. The van der Waals surface area contributed by atoms with Crippen LogP contribution in [-0.4, -0.2) is 60.8 Å². The lowest BCUT2D eigenvalue weighted by Crippen LogP contribution is -2.60. The van der Waals surface area contributed by atoms with E-state index in [-0.39, 0.29) is 47.9 Å². The Hall–Kier alpha value is -1.63. The maximum Gasteiger partial charge on any atom is 0.333 e. The van der Waals surface area contributed by atoms with E-state index >= 15 is 0 Å². The summed E-state index contributed by atoms with van der Waals surface area (Å²) in [5.74, 6) is -0.344. The number of amides is 1. The zero-order valence-corrected chi connectivity index (χ0v) is 22.2. The summed E-state index contributed by atoms with van der Waals surface area (Å²) in [6.45, 7) is 21.4. The fourth-order valence-electron chi connectivity index (χ4n) is 4.07. The molecule has 0 saturated heterocycles. The van der Waals surface area contributed by atoms with E-state index in [1.807, 2.05) is 39.0 Å². The van der Waals surface area contributed by atoms with Crippen LogP contribution in [0.1, 0.15) is 67.2 Å². The standard InChI is InChI=1S/C26H44N2O4.ClH/c1-9-14-28(15-10-2)21-16-19(25(30)31-13-5)17-22(32-20(11-3)12-4)24(21)27-23(29)18-26(6,7)8;/h9-10,17,20-22,24H,1-2,11-16,18H2,3-8H3,(H,27,29);1H/t21-,22+,24+;/m0./s1. The first-order valence-electron chi connectivity index (χ1n) is 11.9. The Morgan fingerprint density at radius 3 is 2.21 bits per heavy atom. The van der Waals surface area contributed by atoms with Gasteiger partial charge in [-0.25, -0.2) is 4.79 Å². The van der Waals surface area contributed by atoms with Crippen LogP contribution in [0.25, 0.3) is 0 Å². The summed E-state index contributed by atoms with van der Waals surface area (Å²) >= 11 is 0. The first-order valence-corrected chi connectivity index (χ1v) is 11.9. The summed E-state index contributed by atoms with van der Waals surface area (Å²) in [6.07, 6.45) is 7.70. The average Bonchev–Trinajstić information content (AvgIpc) is 2.71. The zero-order chi connectivity index (χ0) is 24.3. The second-order valence-electron chi connectivity index (χ2n) is 9.59. The largest absolute Gasteiger partial charge is 0.463 e. The number of ether oxygens (including phenoxy) is 2. The molecule has 1 aliphatic rings. The fraction of sp³-hybridized carbons (Fsp3) is 0.692. The van der Waals surface area contributed by atoms with Gasteiger partial charge in [-0.2, -0.15) is 0 Å². The third-order valence-electron chi connectivity index (χ3n) is 5.58. The van der Waals surface area contributed by atoms with Gasteiger partial charge in [0.05, 0.1) is 24.9 Å². The molecule has 0 fully saturated rings. The Kier molecular flexibility index (Phi) is 14.6. The van der Waals surface area contributed by atoms with Gasteiger partial charge in [0.25, 0.3) is 0 Å². The Morgan fingerprint density at radius 1 is 1.18 bits per heavy atom. The van der Waals surface area contributed by atoms with Gasteiger partial charge in [0.1, 0.15) is 0 Å². The summed E-state index contributed by atoms with van der Waals surface area (Å²) in [7, 11) is 0. The van der Waals surface area contributed by atoms with E-state index in [4.69, 9.17) is 9.47 Å². The zero-order valence-electron chi connectivity index (χ0n) is 21.4. The average molecular weight is 485 g/mol. The molecule has 1 rings (SSSR count). The van der Waals surface area contributed by atoms with Crippen LogP contribution in [0.4, 0.5) is 0 Å². The molecule has 0 aliphatic heterocycles. The van der Waals surface area contributed by atoms with Gasteiger partial charge in [0.2, 0.25) is 5.91 Å². The van der Waals surface area contributed by atoms with Crippen LogP contribution in [0, 0.1) is 5.41 Å². The molecule has 6 nitrogen and oxygen atoms in total. The molecule has 0 aromatic rings. The topological polar surface area (TPSA) is 67.9 Å². The van der Waals surface area contributed by atoms with Crippen molar-refractivity contribution in [3.05, 3.63) is 37.0 Å². The van der Waals surface area contributed by atoms with Crippen LogP contribution < -0.4 is 5.32 Å². The Morgan fingerprint density at radius 2 is 1.76 bits per heavy atom. The van der Waals surface area contributed by atoms with Crippen molar-refractivity contribution in [2.24, 2.45) is 5.41 Å². The van der Waals surface area contributed by atoms with E-state index in [0.717, 1.165) is 12.8 Å². The Labute approximate surface area is 207 Å². The molecule has 0 radical (unpaired) electrons. The van der Waals surface area contributed by atoms with Crippen LogP contribution in [0.2, 0.25) is 0 Å². The number of carbonyl (C=O) groups excluding carboxylic acids is 2. The molecule has 33 heavy (non-hydrogen) atoms. The van der Waals surface area contributed by atoms with Crippen molar-refractivity contribution in [1.82, 2.24) is 10.2 Å². The molecule has 0 aromatic carbocycles. The van der Waals surface area contributed by atoms with Crippen molar-refractivity contribution in [3.63, 3.8) is 0 Å². The predicted molar refractivity (Wildman–Crippen MR) is 138 cm³/mol. The van der Waals surface area contributed by atoms with Gasteiger partial charge in [-0.1, -0.05) is 46.8 Å². The Bertz CT molecular complexity index is 658. The monoisotopic (exact) mass is 484 g/mol.